The minimum Gasteiger partial charge on any atom is -1.00 e. The Hall–Kier alpha value is -0.0800. The van der Waals surface area contributed by atoms with E-state index in [4.69, 9.17) is 0 Å². The van der Waals surface area contributed by atoms with Gasteiger partial charge in [-0.25, -0.2) is 0 Å². The zero-order valence-electron chi connectivity index (χ0n) is 9.85. The second-order valence-electron chi connectivity index (χ2n) is 5.06. The van der Waals surface area contributed by atoms with Crippen molar-refractivity contribution in [2.24, 2.45) is 5.92 Å². The number of carbonyl (C=O) groups excluding carboxylic acids is 1. The van der Waals surface area contributed by atoms with Gasteiger partial charge in [-0.1, -0.05) is 5.92 Å². The standard InChI is InChI=1S/C12H20NO.HI/c1-13(2,3)10-5-4-7-11-8-6-9-12(11)14;/h11H,6-10H2,1-3H3;1H/q+1;/p-1. The molecule has 1 unspecified atom stereocenters. The molecule has 0 aromatic carbocycles. The summed E-state index contributed by atoms with van der Waals surface area (Å²) >= 11 is 0. The van der Waals surface area contributed by atoms with Crippen molar-refractivity contribution >= 4 is 5.78 Å². The number of nitrogens with zero attached hydrogens (tertiary/aromatic N) is 1. The third kappa shape index (κ3) is 6.16. The van der Waals surface area contributed by atoms with Crippen LogP contribution in [0.3, 0.4) is 0 Å². The SMILES string of the molecule is C[N+](C)(C)CC#CCC1CCCC1=O.[I-]. The smallest absolute Gasteiger partial charge is 0.140 e. The lowest BCUT2D eigenvalue weighted by Gasteiger charge is -2.20. The molecule has 3 heteroatoms. The zero-order chi connectivity index (χ0) is 10.6. The molecule has 0 amide bonds. The molecule has 0 saturated heterocycles. The molecule has 0 N–H and O–H groups in total. The fraction of sp³-hybridized carbons (Fsp3) is 0.750. The summed E-state index contributed by atoms with van der Waals surface area (Å²) in [4.78, 5) is 11.3. The molecule has 0 radical (unpaired) electrons. The summed E-state index contributed by atoms with van der Waals surface area (Å²) in [7, 11) is 6.36. The number of hydrogen-bond donors (Lipinski definition) is 0. The molecule has 0 aromatic heterocycles. The lowest BCUT2D eigenvalue weighted by molar-refractivity contribution is -0.862. The summed E-state index contributed by atoms with van der Waals surface area (Å²) in [5.41, 5.74) is 0. The molecule has 1 rings (SSSR count). The molecule has 0 spiro atoms. The first-order chi connectivity index (χ1) is 6.49. The zero-order valence-corrected chi connectivity index (χ0v) is 12.0. The van der Waals surface area contributed by atoms with Gasteiger partial charge >= 0.3 is 0 Å². The molecule has 0 aliphatic heterocycles. The second kappa shape index (κ2) is 6.49. The van der Waals surface area contributed by atoms with Crippen molar-refractivity contribution in [2.45, 2.75) is 25.7 Å². The van der Waals surface area contributed by atoms with Gasteiger partial charge in [0, 0.05) is 18.8 Å². The van der Waals surface area contributed by atoms with Gasteiger partial charge in [-0.05, 0) is 18.8 Å². The summed E-state index contributed by atoms with van der Waals surface area (Å²) < 4.78 is 0.867. The van der Waals surface area contributed by atoms with Gasteiger partial charge in [0.05, 0.1) is 21.1 Å². The number of Topliss-reactive ketones (excluding diaryl/α,β-unsaturated/α-hetero) is 1. The third-order valence-corrected chi connectivity index (χ3v) is 2.46. The van der Waals surface area contributed by atoms with Crippen LogP contribution in [0.15, 0.2) is 0 Å². The van der Waals surface area contributed by atoms with Crippen LogP contribution in [-0.4, -0.2) is 38.0 Å². The van der Waals surface area contributed by atoms with Gasteiger partial charge in [0.25, 0.3) is 0 Å². The summed E-state index contributed by atoms with van der Waals surface area (Å²) in [6.45, 7) is 0.862. The van der Waals surface area contributed by atoms with Crippen LogP contribution in [0.1, 0.15) is 25.7 Å². The molecular weight excluding hydrogens is 301 g/mol. The summed E-state index contributed by atoms with van der Waals surface area (Å²) in [6.07, 6.45) is 3.68. The average Bonchev–Trinajstić information content (AvgIpc) is 2.44. The highest BCUT2D eigenvalue weighted by Crippen LogP contribution is 2.23. The predicted octanol–water partition coefficient (Wildman–Crippen LogP) is -1.54. The fourth-order valence-corrected chi connectivity index (χ4v) is 1.59. The maximum absolute atomic E-state index is 11.3. The van der Waals surface area contributed by atoms with Gasteiger partial charge in [-0.2, -0.15) is 0 Å². The van der Waals surface area contributed by atoms with E-state index in [0.29, 0.717) is 5.78 Å². The van der Waals surface area contributed by atoms with E-state index in [1.54, 1.807) is 0 Å². The van der Waals surface area contributed by atoms with Gasteiger partial charge in [0.2, 0.25) is 0 Å². The number of halogens is 1. The van der Waals surface area contributed by atoms with E-state index >= 15 is 0 Å². The molecule has 0 aromatic rings. The lowest BCUT2D eigenvalue weighted by atomic mass is 10.0. The van der Waals surface area contributed by atoms with Gasteiger partial charge in [-0.15, -0.1) is 0 Å². The van der Waals surface area contributed by atoms with Crippen molar-refractivity contribution in [2.75, 3.05) is 27.7 Å². The molecule has 0 heterocycles. The fourth-order valence-electron chi connectivity index (χ4n) is 1.59. The number of ketones is 1. The van der Waals surface area contributed by atoms with Crippen molar-refractivity contribution in [3.05, 3.63) is 0 Å². The molecule has 0 bridgehead atoms. The Labute approximate surface area is 110 Å². The number of carbonyl (C=O) groups is 1. The first kappa shape index (κ1) is 14.9. The molecule has 1 saturated carbocycles. The molecule has 1 aliphatic carbocycles. The van der Waals surface area contributed by atoms with E-state index in [9.17, 15) is 4.79 Å². The maximum atomic E-state index is 11.3. The van der Waals surface area contributed by atoms with Crippen molar-refractivity contribution < 1.29 is 33.3 Å². The summed E-state index contributed by atoms with van der Waals surface area (Å²) in [6, 6.07) is 0. The summed E-state index contributed by atoms with van der Waals surface area (Å²) in [5, 5.41) is 0. The first-order valence-corrected chi connectivity index (χ1v) is 5.28. The molecule has 86 valence electrons. The predicted molar refractivity (Wildman–Crippen MR) is 57.6 cm³/mol. The molecular formula is C12H20INO. The minimum atomic E-state index is 0. The van der Waals surface area contributed by atoms with Crippen LogP contribution < -0.4 is 24.0 Å². The second-order valence-corrected chi connectivity index (χ2v) is 5.06. The van der Waals surface area contributed by atoms with Gasteiger partial charge < -0.3 is 28.5 Å². The first-order valence-electron chi connectivity index (χ1n) is 5.28. The monoisotopic (exact) mass is 321 g/mol. The van der Waals surface area contributed by atoms with E-state index in [0.717, 1.165) is 36.7 Å². The Morgan fingerprint density at radius 3 is 2.47 bits per heavy atom. The van der Waals surface area contributed by atoms with E-state index < -0.39 is 0 Å². The normalized spacial score (nSPS) is 20.5. The van der Waals surface area contributed by atoms with E-state index in [2.05, 4.69) is 33.0 Å². The quantitative estimate of drug-likeness (QED) is 0.342. The van der Waals surface area contributed by atoms with E-state index in [1.165, 1.54) is 0 Å². The van der Waals surface area contributed by atoms with Gasteiger partial charge in [0.15, 0.2) is 0 Å². The van der Waals surface area contributed by atoms with Crippen LogP contribution in [0.2, 0.25) is 0 Å². The van der Waals surface area contributed by atoms with Crippen LogP contribution in [-0.2, 0) is 4.79 Å². The lowest BCUT2D eigenvalue weighted by Crippen LogP contribution is -3.00. The van der Waals surface area contributed by atoms with Crippen LogP contribution in [0.4, 0.5) is 0 Å². The Kier molecular flexibility index (Phi) is 6.46. The summed E-state index contributed by atoms with van der Waals surface area (Å²) in [5.74, 6) is 6.94. The molecule has 1 atom stereocenters. The Balaban J connectivity index is 0.00000196. The van der Waals surface area contributed by atoms with Crippen LogP contribution in [0.25, 0.3) is 0 Å². The highest BCUT2D eigenvalue weighted by Gasteiger charge is 2.22. The Morgan fingerprint density at radius 2 is 2.00 bits per heavy atom. The van der Waals surface area contributed by atoms with Crippen molar-refractivity contribution in [3.8, 4) is 11.8 Å². The Bertz CT molecular complexity index is 270. The number of quaternary nitrogens is 1. The van der Waals surface area contributed by atoms with Gasteiger partial charge in [0.1, 0.15) is 12.3 Å². The maximum Gasteiger partial charge on any atom is 0.140 e. The van der Waals surface area contributed by atoms with E-state index in [-0.39, 0.29) is 29.9 Å². The third-order valence-electron chi connectivity index (χ3n) is 2.46. The van der Waals surface area contributed by atoms with Crippen LogP contribution in [0, 0.1) is 17.8 Å². The highest BCUT2D eigenvalue weighted by atomic mass is 127. The van der Waals surface area contributed by atoms with Crippen molar-refractivity contribution in [1.29, 1.82) is 0 Å². The van der Waals surface area contributed by atoms with Crippen LogP contribution in [0.5, 0.6) is 0 Å². The van der Waals surface area contributed by atoms with Crippen molar-refractivity contribution in [3.63, 3.8) is 0 Å². The minimum absolute atomic E-state index is 0. The number of rotatable bonds is 2. The highest BCUT2D eigenvalue weighted by molar-refractivity contribution is 5.83. The molecule has 2 nitrogen and oxygen atoms in total. The number of hydrogen-bond acceptors (Lipinski definition) is 1. The van der Waals surface area contributed by atoms with Crippen molar-refractivity contribution in [1.82, 2.24) is 0 Å². The Morgan fingerprint density at radius 1 is 1.33 bits per heavy atom. The molecule has 1 aliphatic rings. The topological polar surface area (TPSA) is 17.1 Å². The molecule has 15 heavy (non-hydrogen) atoms. The van der Waals surface area contributed by atoms with Crippen LogP contribution >= 0.6 is 0 Å². The largest absolute Gasteiger partial charge is 1.00 e. The van der Waals surface area contributed by atoms with Gasteiger partial charge in [-0.3, -0.25) is 4.79 Å². The van der Waals surface area contributed by atoms with E-state index in [1.807, 2.05) is 0 Å². The average molecular weight is 321 g/mol. The molecule has 1 fully saturated rings.